The summed E-state index contributed by atoms with van der Waals surface area (Å²) < 4.78 is 0. The van der Waals surface area contributed by atoms with E-state index in [2.05, 4.69) is 10.3 Å². The molecular weight excluding hydrogens is 318 g/mol. The number of hydrogen-bond acceptors (Lipinski definition) is 4. The van der Waals surface area contributed by atoms with Crippen LogP contribution < -0.4 is 11.1 Å². The molecule has 3 N–H and O–H groups in total. The number of anilines is 1. The number of halogens is 1. The van der Waals surface area contributed by atoms with Gasteiger partial charge in [0.25, 0.3) is 0 Å². The first kappa shape index (κ1) is 15.5. The molecule has 1 amide bonds. The fourth-order valence-corrected chi connectivity index (χ4v) is 3.78. The van der Waals surface area contributed by atoms with E-state index in [-0.39, 0.29) is 17.9 Å². The summed E-state index contributed by atoms with van der Waals surface area (Å²) in [7, 11) is 0. The van der Waals surface area contributed by atoms with E-state index < -0.39 is 0 Å². The van der Waals surface area contributed by atoms with Gasteiger partial charge in [0.15, 0.2) is 5.13 Å². The molecule has 0 bridgehead atoms. The predicted octanol–water partition coefficient (Wildman–Crippen LogP) is 3.45. The number of nitrogens with zero attached hydrogens (tertiary/aromatic N) is 1. The highest BCUT2D eigenvalue weighted by molar-refractivity contribution is 7.15. The molecule has 1 fully saturated rings. The van der Waals surface area contributed by atoms with Crippen LogP contribution in [-0.4, -0.2) is 16.9 Å². The van der Waals surface area contributed by atoms with Gasteiger partial charge in [-0.15, -0.1) is 11.3 Å². The molecule has 1 aliphatic carbocycles. The highest BCUT2D eigenvalue weighted by Gasteiger charge is 2.28. The first-order chi connectivity index (χ1) is 10.6. The Labute approximate surface area is 138 Å². The van der Waals surface area contributed by atoms with Crippen LogP contribution in [0, 0.1) is 5.92 Å². The van der Waals surface area contributed by atoms with Gasteiger partial charge in [0.05, 0.1) is 0 Å². The van der Waals surface area contributed by atoms with Crippen LogP contribution in [0.25, 0.3) is 0 Å². The van der Waals surface area contributed by atoms with E-state index in [1.807, 2.05) is 24.3 Å². The maximum absolute atomic E-state index is 12.2. The van der Waals surface area contributed by atoms with Gasteiger partial charge in [0.2, 0.25) is 5.91 Å². The SMILES string of the molecule is NC1CCC(C(=O)Nc2ncc(Cc3ccccc3Cl)s2)C1. The van der Waals surface area contributed by atoms with Gasteiger partial charge in [0.1, 0.15) is 0 Å². The zero-order valence-corrected chi connectivity index (χ0v) is 13.7. The van der Waals surface area contributed by atoms with Gasteiger partial charge < -0.3 is 11.1 Å². The normalized spacial score (nSPS) is 21.0. The summed E-state index contributed by atoms with van der Waals surface area (Å²) in [6.45, 7) is 0. The zero-order chi connectivity index (χ0) is 15.5. The van der Waals surface area contributed by atoms with Crippen molar-refractivity contribution in [3.63, 3.8) is 0 Å². The van der Waals surface area contributed by atoms with E-state index in [9.17, 15) is 4.79 Å². The molecule has 1 saturated carbocycles. The van der Waals surface area contributed by atoms with Crippen molar-refractivity contribution in [2.75, 3.05) is 5.32 Å². The number of benzene rings is 1. The Hall–Kier alpha value is -1.43. The van der Waals surface area contributed by atoms with Crippen molar-refractivity contribution < 1.29 is 4.79 Å². The van der Waals surface area contributed by atoms with Crippen LogP contribution in [0.15, 0.2) is 30.5 Å². The Bertz CT molecular complexity index is 673. The molecule has 0 spiro atoms. The molecule has 2 unspecified atom stereocenters. The molecular formula is C16H18ClN3OS. The van der Waals surface area contributed by atoms with E-state index in [0.29, 0.717) is 5.13 Å². The van der Waals surface area contributed by atoms with E-state index in [0.717, 1.165) is 41.1 Å². The van der Waals surface area contributed by atoms with Crippen molar-refractivity contribution in [3.8, 4) is 0 Å². The third kappa shape index (κ3) is 3.66. The number of carbonyl (C=O) groups excluding carboxylic acids is 1. The number of aromatic nitrogens is 1. The molecule has 1 heterocycles. The second kappa shape index (κ2) is 6.77. The maximum atomic E-state index is 12.2. The van der Waals surface area contributed by atoms with Gasteiger partial charge in [-0.1, -0.05) is 29.8 Å². The lowest BCUT2D eigenvalue weighted by molar-refractivity contribution is -0.119. The molecule has 3 rings (SSSR count). The van der Waals surface area contributed by atoms with Gasteiger partial charge in [-0.3, -0.25) is 4.79 Å². The Morgan fingerprint density at radius 3 is 2.95 bits per heavy atom. The highest BCUT2D eigenvalue weighted by atomic mass is 35.5. The van der Waals surface area contributed by atoms with Crippen LogP contribution in [-0.2, 0) is 11.2 Å². The third-order valence-electron chi connectivity index (χ3n) is 3.95. The van der Waals surface area contributed by atoms with Gasteiger partial charge in [0, 0.05) is 34.5 Å². The number of amides is 1. The van der Waals surface area contributed by atoms with Gasteiger partial charge in [-0.2, -0.15) is 0 Å². The standard InChI is InChI=1S/C16H18ClN3OS/c17-14-4-2-1-3-10(14)8-13-9-19-16(22-13)20-15(21)11-5-6-12(18)7-11/h1-4,9,11-12H,5-8,18H2,(H,19,20,21). The number of nitrogens with two attached hydrogens (primary N) is 1. The topological polar surface area (TPSA) is 68.0 Å². The summed E-state index contributed by atoms with van der Waals surface area (Å²) in [5, 5.41) is 4.30. The Kier molecular flexibility index (Phi) is 4.76. The monoisotopic (exact) mass is 335 g/mol. The molecule has 0 radical (unpaired) electrons. The van der Waals surface area contributed by atoms with Crippen molar-refractivity contribution in [2.24, 2.45) is 11.7 Å². The van der Waals surface area contributed by atoms with Crippen molar-refractivity contribution in [1.82, 2.24) is 4.98 Å². The summed E-state index contributed by atoms with van der Waals surface area (Å²) in [5.74, 6) is 0.0533. The first-order valence-electron chi connectivity index (χ1n) is 7.36. The average molecular weight is 336 g/mol. The zero-order valence-electron chi connectivity index (χ0n) is 12.1. The van der Waals surface area contributed by atoms with E-state index in [1.54, 1.807) is 6.20 Å². The van der Waals surface area contributed by atoms with Crippen LogP contribution in [0.1, 0.15) is 29.7 Å². The first-order valence-corrected chi connectivity index (χ1v) is 8.56. The van der Waals surface area contributed by atoms with Crippen LogP contribution in [0.4, 0.5) is 5.13 Å². The summed E-state index contributed by atoms with van der Waals surface area (Å²) >= 11 is 7.66. The van der Waals surface area contributed by atoms with Crippen molar-refractivity contribution in [1.29, 1.82) is 0 Å². The minimum Gasteiger partial charge on any atom is -0.328 e. The second-order valence-electron chi connectivity index (χ2n) is 5.66. The molecule has 22 heavy (non-hydrogen) atoms. The summed E-state index contributed by atoms with van der Waals surface area (Å²) in [4.78, 5) is 17.5. The fourth-order valence-electron chi connectivity index (χ4n) is 2.74. The lowest BCUT2D eigenvalue weighted by atomic mass is 10.1. The van der Waals surface area contributed by atoms with Crippen LogP contribution in [0.5, 0.6) is 0 Å². The average Bonchev–Trinajstić information content (AvgIpc) is 3.11. The van der Waals surface area contributed by atoms with Gasteiger partial charge in [-0.05, 0) is 30.9 Å². The minimum absolute atomic E-state index is 0.0194. The lowest BCUT2D eigenvalue weighted by Gasteiger charge is -2.08. The molecule has 0 aliphatic heterocycles. The van der Waals surface area contributed by atoms with Crippen molar-refractivity contribution in [3.05, 3.63) is 45.9 Å². The largest absolute Gasteiger partial charge is 0.328 e. The third-order valence-corrected chi connectivity index (χ3v) is 5.23. The van der Waals surface area contributed by atoms with Crippen molar-refractivity contribution in [2.45, 2.75) is 31.7 Å². The highest BCUT2D eigenvalue weighted by Crippen LogP contribution is 2.28. The van der Waals surface area contributed by atoms with E-state index in [4.69, 9.17) is 17.3 Å². The fraction of sp³-hybridized carbons (Fsp3) is 0.375. The van der Waals surface area contributed by atoms with E-state index in [1.165, 1.54) is 11.3 Å². The molecule has 1 aromatic carbocycles. The van der Waals surface area contributed by atoms with Crippen LogP contribution >= 0.6 is 22.9 Å². The summed E-state index contributed by atoms with van der Waals surface area (Å²) in [5.41, 5.74) is 6.92. The molecule has 1 aromatic heterocycles. The van der Waals surface area contributed by atoms with Gasteiger partial charge in [-0.25, -0.2) is 4.98 Å². The number of thiazole rings is 1. The Balaban J connectivity index is 1.62. The second-order valence-corrected chi connectivity index (χ2v) is 7.18. The number of nitrogens with one attached hydrogen (secondary N) is 1. The lowest BCUT2D eigenvalue weighted by Crippen LogP contribution is -2.23. The molecule has 1 aliphatic rings. The maximum Gasteiger partial charge on any atom is 0.229 e. The van der Waals surface area contributed by atoms with Crippen LogP contribution in [0.3, 0.4) is 0 Å². The molecule has 4 nitrogen and oxygen atoms in total. The number of carbonyl (C=O) groups is 1. The molecule has 116 valence electrons. The molecule has 0 saturated heterocycles. The number of rotatable bonds is 4. The predicted molar refractivity (Wildman–Crippen MR) is 90.3 cm³/mol. The smallest absolute Gasteiger partial charge is 0.229 e. The quantitative estimate of drug-likeness (QED) is 0.899. The number of hydrogen-bond donors (Lipinski definition) is 2. The van der Waals surface area contributed by atoms with E-state index >= 15 is 0 Å². The Morgan fingerprint density at radius 1 is 1.41 bits per heavy atom. The minimum atomic E-state index is 0.0194. The van der Waals surface area contributed by atoms with Crippen molar-refractivity contribution >= 4 is 34.0 Å². The molecule has 2 atom stereocenters. The molecule has 6 heteroatoms. The van der Waals surface area contributed by atoms with Crippen LogP contribution in [0.2, 0.25) is 5.02 Å². The molecule has 2 aromatic rings. The summed E-state index contributed by atoms with van der Waals surface area (Å²) in [6, 6.07) is 7.91. The van der Waals surface area contributed by atoms with Gasteiger partial charge >= 0.3 is 0 Å². The summed E-state index contributed by atoms with van der Waals surface area (Å²) in [6.07, 6.45) is 5.08. The Morgan fingerprint density at radius 2 is 2.23 bits per heavy atom.